The fraction of sp³-hybridized carbons (Fsp3) is 0.696. The fourth-order valence-corrected chi connectivity index (χ4v) is 6.45. The molecule has 140 valence electrons. The molecule has 1 aromatic carbocycles. The summed E-state index contributed by atoms with van der Waals surface area (Å²) in [5.74, 6) is 1.87. The smallest absolute Gasteiger partial charge is 0.0794 e. The fourth-order valence-electron chi connectivity index (χ4n) is 6.34. The van der Waals surface area contributed by atoms with E-state index in [-0.39, 0.29) is 0 Å². The molecule has 3 heteroatoms. The van der Waals surface area contributed by atoms with Crippen LogP contribution in [0.4, 0.5) is 5.69 Å². The molecular weight excluding hydrogens is 336 g/mol. The number of fused-ring (bicyclic) bond motifs is 1. The van der Waals surface area contributed by atoms with E-state index in [0.717, 1.165) is 29.3 Å². The van der Waals surface area contributed by atoms with E-state index in [4.69, 9.17) is 12.2 Å². The van der Waals surface area contributed by atoms with Crippen LogP contribution in [-0.2, 0) is 11.8 Å². The van der Waals surface area contributed by atoms with Crippen molar-refractivity contribution in [3.63, 3.8) is 0 Å². The lowest BCUT2D eigenvalue weighted by molar-refractivity contribution is -0.0131. The summed E-state index contributed by atoms with van der Waals surface area (Å²) in [5.41, 5.74) is 5.01. The van der Waals surface area contributed by atoms with Crippen LogP contribution in [0.15, 0.2) is 18.2 Å². The first kappa shape index (κ1) is 17.2. The summed E-state index contributed by atoms with van der Waals surface area (Å²) >= 11 is 5.52. The molecule has 3 atom stereocenters. The molecule has 2 bridgehead atoms. The molecule has 0 radical (unpaired) electrons. The second kappa shape index (κ2) is 6.60. The lowest BCUT2D eigenvalue weighted by atomic mass is 9.52. The molecule has 0 unspecified atom stereocenters. The van der Waals surface area contributed by atoms with Gasteiger partial charge in [0.2, 0.25) is 0 Å². The Morgan fingerprint density at radius 1 is 1.23 bits per heavy atom. The van der Waals surface area contributed by atoms with Crippen molar-refractivity contribution in [3.05, 3.63) is 29.3 Å². The van der Waals surface area contributed by atoms with E-state index < -0.39 is 0 Å². The zero-order chi connectivity index (χ0) is 17.7. The summed E-state index contributed by atoms with van der Waals surface area (Å²) in [5, 5.41) is 3.58. The van der Waals surface area contributed by atoms with E-state index in [9.17, 15) is 0 Å². The standard InChI is InChI=1S/C23H32N2S/c1-2-22(26)24-20-8-5-7-18-17(20)14-21-19-6-3-4-11-23(18,19)12-13-25(21)15-16-9-10-16/h5,7-8,16,19,21H,2-4,6,9-15H2,1H3,(H,24,26)/t19-,21+,23-/m0/s1. The number of hydrogen-bond acceptors (Lipinski definition) is 2. The van der Waals surface area contributed by atoms with Crippen molar-refractivity contribution in [2.75, 3.05) is 18.4 Å². The molecule has 2 nitrogen and oxygen atoms in total. The van der Waals surface area contributed by atoms with E-state index in [0.29, 0.717) is 5.41 Å². The minimum absolute atomic E-state index is 0.447. The van der Waals surface area contributed by atoms with Crippen LogP contribution < -0.4 is 5.32 Å². The van der Waals surface area contributed by atoms with Gasteiger partial charge in [-0.25, -0.2) is 0 Å². The van der Waals surface area contributed by atoms with E-state index >= 15 is 0 Å². The molecule has 0 amide bonds. The predicted octanol–water partition coefficient (Wildman–Crippen LogP) is 5.30. The highest BCUT2D eigenvalue weighted by Crippen LogP contribution is 2.57. The molecule has 4 aliphatic rings. The highest BCUT2D eigenvalue weighted by molar-refractivity contribution is 7.80. The number of benzene rings is 1. The van der Waals surface area contributed by atoms with Crippen LogP contribution >= 0.6 is 12.2 Å². The van der Waals surface area contributed by atoms with E-state index in [1.54, 1.807) is 11.1 Å². The van der Waals surface area contributed by atoms with Gasteiger partial charge in [-0.15, -0.1) is 0 Å². The van der Waals surface area contributed by atoms with Crippen molar-refractivity contribution < 1.29 is 0 Å². The lowest BCUT2D eigenvalue weighted by Crippen LogP contribution is -2.61. The van der Waals surface area contributed by atoms with Gasteiger partial charge in [0.1, 0.15) is 0 Å². The molecular formula is C23H32N2S. The third kappa shape index (κ3) is 2.74. The SMILES string of the molecule is CCC(=S)Nc1cccc2c1C[C@@H]1[C@@H]3CCCC[C@]23CCN1CC1CC1. The van der Waals surface area contributed by atoms with Crippen molar-refractivity contribution in [2.45, 2.75) is 76.2 Å². The molecule has 0 spiro atoms. The Morgan fingerprint density at radius 2 is 2.12 bits per heavy atom. The Kier molecular flexibility index (Phi) is 4.36. The average Bonchev–Trinajstić information content (AvgIpc) is 3.48. The highest BCUT2D eigenvalue weighted by Gasteiger charge is 2.54. The third-order valence-corrected chi connectivity index (χ3v) is 8.18. The monoisotopic (exact) mass is 368 g/mol. The van der Waals surface area contributed by atoms with Gasteiger partial charge in [0.25, 0.3) is 0 Å². The molecule has 1 heterocycles. The molecule has 3 aliphatic carbocycles. The number of nitrogens with one attached hydrogen (secondary N) is 1. The number of nitrogens with zero attached hydrogens (tertiary/aromatic N) is 1. The van der Waals surface area contributed by atoms with E-state index in [1.165, 1.54) is 70.1 Å². The Morgan fingerprint density at radius 3 is 2.92 bits per heavy atom. The van der Waals surface area contributed by atoms with Gasteiger partial charge in [0, 0.05) is 23.7 Å². The van der Waals surface area contributed by atoms with E-state index in [2.05, 4.69) is 35.3 Å². The minimum atomic E-state index is 0.447. The highest BCUT2D eigenvalue weighted by atomic mass is 32.1. The normalized spacial score (nSPS) is 33.3. The Balaban J connectivity index is 1.56. The summed E-state index contributed by atoms with van der Waals surface area (Å²) in [6, 6.07) is 7.76. The Labute approximate surface area is 163 Å². The van der Waals surface area contributed by atoms with Crippen molar-refractivity contribution in [1.29, 1.82) is 0 Å². The largest absolute Gasteiger partial charge is 0.350 e. The van der Waals surface area contributed by atoms with Crippen LogP contribution in [0.5, 0.6) is 0 Å². The molecule has 1 saturated heterocycles. The first-order valence-corrected chi connectivity index (χ1v) is 11.3. The van der Waals surface area contributed by atoms with Crippen LogP contribution in [0.1, 0.15) is 69.4 Å². The Hall–Kier alpha value is -0.930. The van der Waals surface area contributed by atoms with Gasteiger partial charge in [-0.2, -0.15) is 0 Å². The second-order valence-corrected chi connectivity index (χ2v) is 9.69. The number of rotatable bonds is 4. The zero-order valence-corrected chi connectivity index (χ0v) is 16.9. The van der Waals surface area contributed by atoms with Crippen LogP contribution in [0.25, 0.3) is 0 Å². The van der Waals surface area contributed by atoms with Gasteiger partial charge >= 0.3 is 0 Å². The predicted molar refractivity (Wildman–Crippen MR) is 113 cm³/mol. The maximum atomic E-state index is 5.52. The van der Waals surface area contributed by atoms with E-state index in [1.807, 2.05) is 0 Å². The van der Waals surface area contributed by atoms with Gasteiger partial charge in [-0.3, -0.25) is 4.90 Å². The molecule has 26 heavy (non-hydrogen) atoms. The number of piperidine rings is 1. The molecule has 1 aliphatic heterocycles. The minimum Gasteiger partial charge on any atom is -0.350 e. The molecule has 3 fully saturated rings. The summed E-state index contributed by atoms with van der Waals surface area (Å²) in [6.45, 7) is 4.82. The molecule has 0 aromatic heterocycles. The second-order valence-electron chi connectivity index (χ2n) is 9.20. The summed E-state index contributed by atoms with van der Waals surface area (Å²) in [7, 11) is 0. The summed E-state index contributed by atoms with van der Waals surface area (Å²) in [4.78, 5) is 3.87. The molecule has 2 saturated carbocycles. The first-order chi connectivity index (χ1) is 12.7. The summed E-state index contributed by atoms with van der Waals surface area (Å²) in [6.07, 6.45) is 12.1. The average molecular weight is 369 g/mol. The van der Waals surface area contributed by atoms with Gasteiger partial charge in [-0.05, 0) is 80.5 Å². The van der Waals surface area contributed by atoms with Gasteiger partial charge in [0.15, 0.2) is 0 Å². The molecule has 5 rings (SSSR count). The maximum absolute atomic E-state index is 5.52. The number of anilines is 1. The van der Waals surface area contributed by atoms with Gasteiger partial charge in [0.05, 0.1) is 4.99 Å². The van der Waals surface area contributed by atoms with Gasteiger partial charge in [-0.1, -0.05) is 44.1 Å². The van der Waals surface area contributed by atoms with Crippen molar-refractivity contribution in [3.8, 4) is 0 Å². The Bertz CT molecular complexity index is 710. The summed E-state index contributed by atoms with van der Waals surface area (Å²) < 4.78 is 0. The van der Waals surface area contributed by atoms with Crippen molar-refractivity contribution >= 4 is 22.9 Å². The van der Waals surface area contributed by atoms with Crippen molar-refractivity contribution in [1.82, 2.24) is 4.90 Å². The van der Waals surface area contributed by atoms with Crippen LogP contribution in [-0.4, -0.2) is 29.0 Å². The molecule has 1 aromatic rings. The maximum Gasteiger partial charge on any atom is 0.0794 e. The first-order valence-electron chi connectivity index (χ1n) is 10.9. The van der Waals surface area contributed by atoms with Crippen LogP contribution in [0.3, 0.4) is 0 Å². The van der Waals surface area contributed by atoms with Crippen LogP contribution in [0, 0.1) is 11.8 Å². The van der Waals surface area contributed by atoms with Crippen LogP contribution in [0.2, 0.25) is 0 Å². The van der Waals surface area contributed by atoms with Crippen molar-refractivity contribution in [2.24, 2.45) is 11.8 Å². The van der Waals surface area contributed by atoms with Gasteiger partial charge < -0.3 is 5.32 Å². The number of thiocarbonyl (C=S) groups is 1. The topological polar surface area (TPSA) is 15.3 Å². The lowest BCUT2D eigenvalue weighted by Gasteiger charge is -2.59. The number of likely N-dealkylation sites (tertiary alicyclic amines) is 1. The third-order valence-electron chi connectivity index (χ3n) is 7.79. The quantitative estimate of drug-likeness (QED) is 0.726. The number of hydrogen-bond donors (Lipinski definition) is 1. The zero-order valence-electron chi connectivity index (χ0n) is 16.1. The molecule has 1 N–H and O–H groups in total.